The highest BCUT2D eigenvalue weighted by Gasteiger charge is 2.33. The lowest BCUT2D eigenvalue weighted by Gasteiger charge is -2.15. The quantitative estimate of drug-likeness (QED) is 0.847. The second-order valence-corrected chi connectivity index (χ2v) is 6.80. The van der Waals surface area contributed by atoms with Crippen molar-refractivity contribution in [3.63, 3.8) is 0 Å². The van der Waals surface area contributed by atoms with E-state index < -0.39 is 0 Å². The Labute approximate surface area is 134 Å². The topological polar surface area (TPSA) is 49.4 Å². The summed E-state index contributed by atoms with van der Waals surface area (Å²) in [5, 5.41) is 2.76. The molecule has 1 aliphatic rings. The van der Waals surface area contributed by atoms with Gasteiger partial charge in [-0.25, -0.2) is 0 Å². The first-order valence-electron chi connectivity index (χ1n) is 6.92. The maximum Gasteiger partial charge on any atom is 0.241 e. The lowest BCUT2D eigenvalue weighted by Crippen LogP contribution is -2.33. The average Bonchev–Trinajstić information content (AvgIpc) is 2.71. The van der Waals surface area contributed by atoms with Crippen LogP contribution in [0, 0.1) is 0 Å². The van der Waals surface area contributed by atoms with Gasteiger partial charge in [0, 0.05) is 18.7 Å². The van der Waals surface area contributed by atoms with Crippen LogP contribution in [-0.2, 0) is 16.0 Å². The van der Waals surface area contributed by atoms with Crippen molar-refractivity contribution in [3.8, 4) is 0 Å². The Morgan fingerprint density at radius 2 is 2.14 bits per heavy atom. The van der Waals surface area contributed by atoms with E-state index in [9.17, 15) is 9.59 Å². The predicted molar refractivity (Wildman–Crippen MR) is 90.4 cm³/mol. The molecule has 1 heterocycles. The minimum atomic E-state index is -0.138. The van der Waals surface area contributed by atoms with E-state index in [4.69, 9.17) is 12.2 Å². The number of hydrogen-bond acceptors (Lipinski definition) is 4. The third-order valence-electron chi connectivity index (χ3n) is 3.35. The summed E-state index contributed by atoms with van der Waals surface area (Å²) in [6.07, 6.45) is 1.11. The zero-order valence-electron chi connectivity index (χ0n) is 12.1. The fourth-order valence-electron chi connectivity index (χ4n) is 2.15. The highest BCUT2D eigenvalue weighted by Crippen LogP contribution is 2.26. The fourth-order valence-corrected chi connectivity index (χ4v) is 3.61. The van der Waals surface area contributed by atoms with Crippen molar-refractivity contribution in [2.75, 3.05) is 11.9 Å². The zero-order chi connectivity index (χ0) is 15.4. The van der Waals surface area contributed by atoms with Crippen LogP contribution >= 0.6 is 24.0 Å². The van der Waals surface area contributed by atoms with E-state index in [1.165, 1.54) is 16.7 Å². The summed E-state index contributed by atoms with van der Waals surface area (Å²) < 4.78 is 0.564. The van der Waals surface area contributed by atoms with E-state index in [0.717, 1.165) is 17.7 Å². The predicted octanol–water partition coefficient (Wildman–Crippen LogP) is 2.83. The Morgan fingerprint density at radius 1 is 1.43 bits per heavy atom. The maximum atomic E-state index is 12.0. The number of carbonyl (C=O) groups is 2. The Balaban J connectivity index is 1.91. The molecular formula is C15H18N2O2S2. The number of benzene rings is 1. The molecular weight excluding hydrogens is 304 g/mol. The molecule has 1 N–H and O–H groups in total. The average molecular weight is 322 g/mol. The normalized spacial score (nSPS) is 18.2. The van der Waals surface area contributed by atoms with Crippen LogP contribution < -0.4 is 5.32 Å². The standard InChI is InChI=1S/C15H18N2O2S2/c1-3-11-6-4-5-7-12(11)16-13(18)8-9-17-14(19)10(2)21-15(17)20/h4-7,10H,3,8-9H2,1-2H3,(H,16,18). The summed E-state index contributed by atoms with van der Waals surface area (Å²) >= 11 is 6.53. The highest BCUT2D eigenvalue weighted by atomic mass is 32.2. The van der Waals surface area contributed by atoms with Crippen molar-refractivity contribution in [3.05, 3.63) is 29.8 Å². The number of hydrogen-bond donors (Lipinski definition) is 1. The van der Waals surface area contributed by atoms with Gasteiger partial charge in [0.1, 0.15) is 4.32 Å². The number of aryl methyl sites for hydroxylation is 1. The van der Waals surface area contributed by atoms with Crippen LogP contribution in [0.5, 0.6) is 0 Å². The molecule has 0 aliphatic carbocycles. The van der Waals surface area contributed by atoms with Gasteiger partial charge in [-0.05, 0) is 25.0 Å². The van der Waals surface area contributed by atoms with E-state index in [2.05, 4.69) is 5.32 Å². The molecule has 1 saturated heterocycles. The first-order valence-corrected chi connectivity index (χ1v) is 8.21. The molecule has 0 saturated carbocycles. The minimum absolute atomic E-state index is 0.00763. The van der Waals surface area contributed by atoms with Crippen LogP contribution in [-0.4, -0.2) is 32.8 Å². The fraction of sp³-hybridized carbons (Fsp3) is 0.400. The summed E-state index contributed by atoms with van der Waals surface area (Å²) in [7, 11) is 0. The Bertz CT molecular complexity index is 575. The molecule has 112 valence electrons. The van der Waals surface area contributed by atoms with Crippen molar-refractivity contribution >= 4 is 45.8 Å². The summed E-state index contributed by atoms with van der Waals surface area (Å²) in [5.41, 5.74) is 1.94. The molecule has 0 aromatic heterocycles. The maximum absolute atomic E-state index is 12.0. The molecule has 1 unspecified atom stereocenters. The second kappa shape index (κ2) is 7.04. The van der Waals surface area contributed by atoms with E-state index in [1.54, 1.807) is 0 Å². The lowest BCUT2D eigenvalue weighted by molar-refractivity contribution is -0.126. The summed E-state index contributed by atoms with van der Waals surface area (Å²) in [6.45, 7) is 4.22. The zero-order valence-corrected chi connectivity index (χ0v) is 13.7. The van der Waals surface area contributed by atoms with Gasteiger partial charge in [-0.15, -0.1) is 0 Å². The molecule has 4 nitrogen and oxygen atoms in total. The van der Waals surface area contributed by atoms with E-state index in [-0.39, 0.29) is 23.5 Å². The van der Waals surface area contributed by atoms with Crippen LogP contribution in [0.3, 0.4) is 0 Å². The summed E-state index contributed by atoms with van der Waals surface area (Å²) in [5.74, 6) is -0.109. The van der Waals surface area contributed by atoms with Crippen molar-refractivity contribution in [1.82, 2.24) is 4.90 Å². The molecule has 2 amide bonds. The Hall–Kier alpha value is -1.40. The Kier molecular flexibility index (Phi) is 5.36. The minimum Gasteiger partial charge on any atom is -0.326 e. The summed E-state index contributed by atoms with van der Waals surface area (Å²) in [4.78, 5) is 25.4. The van der Waals surface area contributed by atoms with Gasteiger partial charge in [-0.1, -0.05) is 49.1 Å². The molecule has 1 fully saturated rings. The third-order valence-corrected chi connectivity index (χ3v) is 4.83. The van der Waals surface area contributed by atoms with Crippen LogP contribution in [0.25, 0.3) is 0 Å². The van der Waals surface area contributed by atoms with E-state index in [1.807, 2.05) is 38.1 Å². The second-order valence-electron chi connectivity index (χ2n) is 4.82. The SMILES string of the molecule is CCc1ccccc1NC(=O)CCN1C(=O)C(C)SC1=S. The van der Waals surface area contributed by atoms with E-state index in [0.29, 0.717) is 10.9 Å². The van der Waals surface area contributed by atoms with Gasteiger partial charge >= 0.3 is 0 Å². The molecule has 1 aromatic carbocycles. The van der Waals surface area contributed by atoms with Crippen LogP contribution in [0.1, 0.15) is 25.8 Å². The van der Waals surface area contributed by atoms with Crippen LogP contribution in [0.4, 0.5) is 5.69 Å². The number of anilines is 1. The van der Waals surface area contributed by atoms with Crippen molar-refractivity contribution < 1.29 is 9.59 Å². The van der Waals surface area contributed by atoms with Crippen LogP contribution in [0.15, 0.2) is 24.3 Å². The molecule has 2 rings (SSSR count). The van der Waals surface area contributed by atoms with Gasteiger partial charge in [0.15, 0.2) is 0 Å². The molecule has 1 aromatic rings. The van der Waals surface area contributed by atoms with Crippen molar-refractivity contribution in [1.29, 1.82) is 0 Å². The number of carbonyl (C=O) groups excluding carboxylic acids is 2. The number of para-hydroxylation sites is 1. The van der Waals surface area contributed by atoms with Crippen molar-refractivity contribution in [2.24, 2.45) is 0 Å². The lowest BCUT2D eigenvalue weighted by atomic mass is 10.1. The molecule has 0 bridgehead atoms. The van der Waals surface area contributed by atoms with Gasteiger partial charge in [0.25, 0.3) is 0 Å². The van der Waals surface area contributed by atoms with Gasteiger partial charge in [0.2, 0.25) is 11.8 Å². The summed E-state index contributed by atoms with van der Waals surface area (Å²) in [6, 6.07) is 7.73. The molecule has 21 heavy (non-hydrogen) atoms. The van der Waals surface area contributed by atoms with Gasteiger partial charge < -0.3 is 5.32 Å². The monoisotopic (exact) mass is 322 g/mol. The number of amides is 2. The van der Waals surface area contributed by atoms with Gasteiger partial charge in [-0.2, -0.15) is 0 Å². The first-order chi connectivity index (χ1) is 10.0. The van der Waals surface area contributed by atoms with Crippen LogP contribution in [0.2, 0.25) is 0 Å². The molecule has 0 radical (unpaired) electrons. The van der Waals surface area contributed by atoms with E-state index >= 15 is 0 Å². The number of thioether (sulfide) groups is 1. The number of thiocarbonyl (C=S) groups is 1. The number of nitrogens with zero attached hydrogens (tertiary/aromatic N) is 1. The van der Waals surface area contributed by atoms with Gasteiger partial charge in [0.05, 0.1) is 5.25 Å². The Morgan fingerprint density at radius 3 is 2.76 bits per heavy atom. The molecule has 1 atom stereocenters. The first kappa shape index (κ1) is 16.0. The van der Waals surface area contributed by atoms with Crippen molar-refractivity contribution in [2.45, 2.75) is 31.9 Å². The number of nitrogens with one attached hydrogen (secondary N) is 1. The highest BCUT2D eigenvalue weighted by molar-refractivity contribution is 8.24. The molecule has 0 spiro atoms. The third kappa shape index (κ3) is 3.83. The van der Waals surface area contributed by atoms with Gasteiger partial charge in [-0.3, -0.25) is 14.5 Å². The molecule has 1 aliphatic heterocycles. The number of rotatable bonds is 5. The largest absolute Gasteiger partial charge is 0.326 e. The smallest absolute Gasteiger partial charge is 0.241 e. The molecule has 6 heteroatoms.